The van der Waals surface area contributed by atoms with Crippen LogP contribution in [0.2, 0.25) is 0 Å². The highest BCUT2D eigenvalue weighted by Gasteiger charge is 2.10. The molecule has 0 heterocycles. The van der Waals surface area contributed by atoms with E-state index >= 15 is 0 Å². The lowest BCUT2D eigenvalue weighted by atomic mass is 9.94. The third-order valence-electron chi connectivity index (χ3n) is 4.36. The number of nitrogens with one attached hydrogen (secondary N) is 1. The van der Waals surface area contributed by atoms with Crippen molar-refractivity contribution in [2.24, 2.45) is 0 Å². The number of unbranched alkanes of at least 4 members (excludes halogenated alkanes) is 5. The molecule has 1 amide bonds. The smallest absolute Gasteiger partial charge is 0.216 e. The molecular formula is C20H33NO2. The van der Waals surface area contributed by atoms with Crippen molar-refractivity contribution in [3.05, 3.63) is 35.4 Å². The molecule has 0 saturated heterocycles. The maximum atomic E-state index is 10.9. The fourth-order valence-electron chi connectivity index (χ4n) is 2.85. The molecule has 0 spiro atoms. The van der Waals surface area contributed by atoms with Gasteiger partial charge in [0.05, 0.1) is 0 Å². The van der Waals surface area contributed by atoms with E-state index in [1.165, 1.54) is 51.0 Å². The van der Waals surface area contributed by atoms with Gasteiger partial charge in [-0.05, 0) is 30.4 Å². The predicted octanol–water partition coefficient (Wildman–Crippen LogP) is 4.19. The lowest BCUT2D eigenvalue weighted by molar-refractivity contribution is -0.118. The highest BCUT2D eigenvalue weighted by atomic mass is 16.3. The van der Waals surface area contributed by atoms with E-state index in [1.807, 2.05) is 0 Å². The Balaban J connectivity index is 2.34. The molecule has 130 valence electrons. The van der Waals surface area contributed by atoms with Crippen LogP contribution in [-0.2, 0) is 11.2 Å². The first-order valence-electron chi connectivity index (χ1n) is 9.11. The molecule has 1 aromatic rings. The Morgan fingerprint density at radius 2 is 1.74 bits per heavy atom. The first-order chi connectivity index (χ1) is 11.2. The van der Waals surface area contributed by atoms with Crippen molar-refractivity contribution >= 4 is 5.91 Å². The number of rotatable bonds is 12. The highest BCUT2D eigenvalue weighted by molar-refractivity contribution is 5.72. The minimum atomic E-state index is -0.0176. The molecule has 3 heteroatoms. The van der Waals surface area contributed by atoms with Crippen LogP contribution in [0.25, 0.3) is 0 Å². The number of carbonyl (C=O) groups is 1. The molecule has 0 aliphatic heterocycles. The number of amides is 1. The fourth-order valence-corrected chi connectivity index (χ4v) is 2.85. The lowest BCUT2D eigenvalue weighted by Gasteiger charge is -2.15. The number of benzene rings is 1. The Bertz CT molecular complexity index is 428. The summed E-state index contributed by atoms with van der Waals surface area (Å²) >= 11 is 0. The largest absolute Gasteiger partial charge is 0.396 e. The molecule has 1 rings (SSSR count). The normalized spacial score (nSPS) is 12.1. The van der Waals surface area contributed by atoms with E-state index in [0.717, 1.165) is 18.4 Å². The second-order valence-corrected chi connectivity index (χ2v) is 6.41. The number of aliphatic hydroxyl groups excluding tert-OH is 1. The molecule has 0 saturated carbocycles. The van der Waals surface area contributed by atoms with Crippen LogP contribution in [0.3, 0.4) is 0 Å². The number of hydrogen-bond acceptors (Lipinski definition) is 2. The summed E-state index contributed by atoms with van der Waals surface area (Å²) in [5, 5.41) is 12.3. The third-order valence-corrected chi connectivity index (χ3v) is 4.36. The Morgan fingerprint density at radius 1 is 1.09 bits per heavy atom. The minimum Gasteiger partial charge on any atom is -0.396 e. The summed E-state index contributed by atoms with van der Waals surface area (Å²) in [6.45, 7) is 4.50. The molecule has 1 aromatic carbocycles. The van der Waals surface area contributed by atoms with Gasteiger partial charge in [-0.1, -0.05) is 63.3 Å². The SMILES string of the molecule is CCCCCCCCc1ccc(C(CO)CCNC(C)=O)cc1. The average Bonchev–Trinajstić information content (AvgIpc) is 2.55. The molecule has 1 unspecified atom stereocenters. The van der Waals surface area contributed by atoms with Crippen LogP contribution in [0, 0.1) is 0 Å². The van der Waals surface area contributed by atoms with Crippen LogP contribution in [0.4, 0.5) is 0 Å². The maximum Gasteiger partial charge on any atom is 0.216 e. The third kappa shape index (κ3) is 8.75. The summed E-state index contributed by atoms with van der Waals surface area (Å²) in [5.41, 5.74) is 2.53. The van der Waals surface area contributed by atoms with Gasteiger partial charge in [0.2, 0.25) is 5.91 Å². The van der Waals surface area contributed by atoms with Gasteiger partial charge in [0.1, 0.15) is 0 Å². The monoisotopic (exact) mass is 319 g/mol. The van der Waals surface area contributed by atoms with Crippen LogP contribution >= 0.6 is 0 Å². The van der Waals surface area contributed by atoms with Crippen molar-refractivity contribution in [2.75, 3.05) is 13.2 Å². The van der Waals surface area contributed by atoms with E-state index < -0.39 is 0 Å². The quantitative estimate of drug-likeness (QED) is 0.567. The summed E-state index contributed by atoms with van der Waals surface area (Å²) in [5.74, 6) is 0.0842. The van der Waals surface area contributed by atoms with E-state index in [-0.39, 0.29) is 18.4 Å². The first-order valence-corrected chi connectivity index (χ1v) is 9.11. The minimum absolute atomic E-state index is 0.0176. The van der Waals surface area contributed by atoms with Crippen molar-refractivity contribution in [3.8, 4) is 0 Å². The van der Waals surface area contributed by atoms with Gasteiger partial charge in [-0.3, -0.25) is 4.79 Å². The van der Waals surface area contributed by atoms with Crippen molar-refractivity contribution in [2.45, 2.75) is 71.1 Å². The van der Waals surface area contributed by atoms with E-state index in [9.17, 15) is 9.90 Å². The standard InChI is InChI=1S/C20H33NO2/c1-3-4-5-6-7-8-9-18-10-12-19(13-11-18)20(16-22)14-15-21-17(2)23/h10-13,20,22H,3-9,14-16H2,1-2H3,(H,21,23). The van der Waals surface area contributed by atoms with Crippen LogP contribution in [0.15, 0.2) is 24.3 Å². The van der Waals surface area contributed by atoms with Crippen molar-refractivity contribution in [1.29, 1.82) is 0 Å². The van der Waals surface area contributed by atoms with Crippen molar-refractivity contribution in [1.82, 2.24) is 5.32 Å². The topological polar surface area (TPSA) is 49.3 Å². The van der Waals surface area contributed by atoms with E-state index in [1.54, 1.807) is 0 Å². The van der Waals surface area contributed by atoms with Crippen LogP contribution < -0.4 is 5.32 Å². The van der Waals surface area contributed by atoms with Gasteiger partial charge in [0.15, 0.2) is 0 Å². The molecule has 0 aliphatic rings. The summed E-state index contributed by atoms with van der Waals surface area (Å²) in [6, 6.07) is 8.62. The van der Waals surface area contributed by atoms with Gasteiger partial charge in [-0.2, -0.15) is 0 Å². The highest BCUT2D eigenvalue weighted by Crippen LogP contribution is 2.20. The Hall–Kier alpha value is -1.35. The van der Waals surface area contributed by atoms with Crippen LogP contribution in [0.1, 0.15) is 75.8 Å². The number of aliphatic hydroxyl groups is 1. The Morgan fingerprint density at radius 3 is 2.35 bits per heavy atom. The Labute approximate surface area is 141 Å². The van der Waals surface area contributed by atoms with Crippen LogP contribution in [-0.4, -0.2) is 24.2 Å². The van der Waals surface area contributed by atoms with Gasteiger partial charge < -0.3 is 10.4 Å². The molecule has 0 aromatic heterocycles. The Kier molecular flexibility index (Phi) is 10.4. The molecule has 0 bridgehead atoms. The zero-order chi connectivity index (χ0) is 16.9. The van der Waals surface area contributed by atoms with Crippen molar-refractivity contribution in [3.63, 3.8) is 0 Å². The summed E-state index contributed by atoms with van der Waals surface area (Å²) in [6.07, 6.45) is 9.86. The second kappa shape index (κ2) is 12.1. The molecule has 23 heavy (non-hydrogen) atoms. The van der Waals surface area contributed by atoms with Crippen molar-refractivity contribution < 1.29 is 9.90 Å². The summed E-state index contributed by atoms with van der Waals surface area (Å²) < 4.78 is 0. The summed E-state index contributed by atoms with van der Waals surface area (Å²) in [4.78, 5) is 10.9. The van der Waals surface area contributed by atoms with Gasteiger partial charge in [0.25, 0.3) is 0 Å². The molecule has 2 N–H and O–H groups in total. The van der Waals surface area contributed by atoms with Crippen LogP contribution in [0.5, 0.6) is 0 Å². The molecule has 0 fully saturated rings. The number of carbonyl (C=O) groups excluding carboxylic acids is 1. The van der Waals surface area contributed by atoms with Gasteiger partial charge in [0, 0.05) is 26.0 Å². The van der Waals surface area contributed by atoms with Gasteiger partial charge >= 0.3 is 0 Å². The zero-order valence-corrected chi connectivity index (χ0v) is 14.8. The van der Waals surface area contributed by atoms with Gasteiger partial charge in [-0.15, -0.1) is 0 Å². The predicted molar refractivity (Wildman–Crippen MR) is 96.6 cm³/mol. The molecule has 3 nitrogen and oxygen atoms in total. The molecule has 0 radical (unpaired) electrons. The second-order valence-electron chi connectivity index (χ2n) is 6.41. The van der Waals surface area contributed by atoms with E-state index in [0.29, 0.717) is 6.54 Å². The average molecular weight is 319 g/mol. The molecular weight excluding hydrogens is 286 g/mol. The number of hydrogen-bond donors (Lipinski definition) is 2. The molecule has 1 atom stereocenters. The van der Waals surface area contributed by atoms with E-state index in [2.05, 4.69) is 36.5 Å². The maximum absolute atomic E-state index is 10.9. The lowest BCUT2D eigenvalue weighted by Crippen LogP contribution is -2.23. The summed E-state index contributed by atoms with van der Waals surface area (Å²) in [7, 11) is 0. The zero-order valence-electron chi connectivity index (χ0n) is 14.8. The number of aryl methyl sites for hydroxylation is 1. The van der Waals surface area contributed by atoms with Gasteiger partial charge in [-0.25, -0.2) is 0 Å². The fraction of sp³-hybridized carbons (Fsp3) is 0.650. The molecule has 0 aliphatic carbocycles. The first kappa shape index (κ1) is 19.7. The van der Waals surface area contributed by atoms with E-state index in [4.69, 9.17) is 0 Å².